The van der Waals surface area contributed by atoms with Crippen molar-refractivity contribution in [3.8, 4) is 11.5 Å². The minimum absolute atomic E-state index is 0.134. The van der Waals surface area contributed by atoms with Crippen LogP contribution >= 0.6 is 0 Å². The van der Waals surface area contributed by atoms with Crippen molar-refractivity contribution in [2.75, 3.05) is 19.0 Å². The van der Waals surface area contributed by atoms with Crippen molar-refractivity contribution in [3.63, 3.8) is 0 Å². The third kappa shape index (κ3) is 5.85. The zero-order valence-corrected chi connectivity index (χ0v) is 15.3. The van der Waals surface area contributed by atoms with E-state index in [2.05, 4.69) is 12.2 Å². The number of carbonyl (C=O) groups is 1. The van der Waals surface area contributed by atoms with Crippen LogP contribution in [0.25, 0.3) is 6.08 Å². The second kappa shape index (κ2) is 9.96. The molecule has 0 spiro atoms. The predicted molar refractivity (Wildman–Crippen MR) is 104 cm³/mol. The monoisotopic (exact) mass is 370 g/mol. The van der Waals surface area contributed by atoms with Crippen molar-refractivity contribution in [2.45, 2.75) is 19.8 Å². The Hall–Kier alpha value is -3.35. The van der Waals surface area contributed by atoms with Crippen LogP contribution in [0.1, 0.15) is 25.3 Å². The van der Waals surface area contributed by atoms with Crippen LogP contribution in [0.15, 0.2) is 48.5 Å². The molecule has 0 saturated heterocycles. The van der Waals surface area contributed by atoms with Gasteiger partial charge in [0.05, 0.1) is 24.3 Å². The first-order chi connectivity index (χ1) is 13.0. The summed E-state index contributed by atoms with van der Waals surface area (Å²) in [5, 5.41) is 13.5. The molecule has 0 radical (unpaired) electrons. The normalized spacial score (nSPS) is 10.6. The van der Waals surface area contributed by atoms with Gasteiger partial charge in [-0.25, -0.2) is 0 Å². The molecule has 1 N–H and O–H groups in total. The maximum Gasteiger partial charge on any atom is 0.271 e. The lowest BCUT2D eigenvalue weighted by Gasteiger charge is -2.09. The molecule has 7 heteroatoms. The molecule has 0 unspecified atom stereocenters. The molecule has 1 amide bonds. The Morgan fingerprint density at radius 3 is 2.70 bits per heavy atom. The fourth-order valence-corrected chi connectivity index (χ4v) is 2.32. The Kier molecular flexibility index (Phi) is 7.37. The van der Waals surface area contributed by atoms with E-state index in [1.165, 1.54) is 31.4 Å². The van der Waals surface area contributed by atoms with Crippen LogP contribution in [0.4, 0.5) is 11.4 Å². The predicted octanol–water partition coefficient (Wildman–Crippen LogP) is 4.43. The number of nitro groups is 1. The fourth-order valence-electron chi connectivity index (χ4n) is 2.32. The van der Waals surface area contributed by atoms with Crippen LogP contribution in [0, 0.1) is 10.1 Å². The van der Waals surface area contributed by atoms with E-state index in [0.717, 1.165) is 18.4 Å². The van der Waals surface area contributed by atoms with Gasteiger partial charge >= 0.3 is 0 Å². The Labute approximate surface area is 157 Å². The Morgan fingerprint density at radius 2 is 2.00 bits per heavy atom. The van der Waals surface area contributed by atoms with E-state index >= 15 is 0 Å². The van der Waals surface area contributed by atoms with Gasteiger partial charge in [-0.3, -0.25) is 14.9 Å². The SMILES string of the molecule is CCCCOc1ccccc1/C=C/C(=O)Nc1cc([N+](=O)[O-])ccc1OC. The molecular formula is C20H22N2O5. The van der Waals surface area contributed by atoms with E-state index in [1.54, 1.807) is 6.08 Å². The summed E-state index contributed by atoms with van der Waals surface area (Å²) in [4.78, 5) is 22.6. The van der Waals surface area contributed by atoms with Gasteiger partial charge in [-0.2, -0.15) is 0 Å². The molecule has 27 heavy (non-hydrogen) atoms. The molecule has 2 aromatic rings. The minimum atomic E-state index is -0.533. The average molecular weight is 370 g/mol. The van der Waals surface area contributed by atoms with E-state index < -0.39 is 10.8 Å². The number of hydrogen-bond acceptors (Lipinski definition) is 5. The van der Waals surface area contributed by atoms with Crippen molar-refractivity contribution in [1.82, 2.24) is 0 Å². The number of nitrogens with zero attached hydrogens (tertiary/aromatic N) is 1. The number of nitrogens with one attached hydrogen (secondary N) is 1. The van der Waals surface area contributed by atoms with Crippen molar-refractivity contribution in [3.05, 3.63) is 64.2 Å². The van der Waals surface area contributed by atoms with Crippen molar-refractivity contribution >= 4 is 23.4 Å². The molecule has 7 nitrogen and oxygen atoms in total. The Bertz CT molecular complexity index is 833. The molecule has 2 aromatic carbocycles. The highest BCUT2D eigenvalue weighted by molar-refractivity contribution is 6.03. The number of para-hydroxylation sites is 1. The maximum atomic E-state index is 12.2. The standard InChI is InChI=1S/C20H22N2O5/c1-3-4-13-27-18-8-6-5-7-15(18)9-12-20(23)21-17-14-16(22(24)25)10-11-19(17)26-2/h5-12,14H,3-4,13H2,1-2H3,(H,21,23)/b12-9+. The minimum Gasteiger partial charge on any atom is -0.495 e. The van der Waals surface area contributed by atoms with Gasteiger partial charge in [0.25, 0.3) is 5.69 Å². The molecule has 0 aromatic heterocycles. The van der Waals surface area contributed by atoms with Gasteiger partial charge in [0.15, 0.2) is 0 Å². The van der Waals surface area contributed by atoms with Crippen molar-refractivity contribution in [1.29, 1.82) is 0 Å². The highest BCUT2D eigenvalue weighted by Gasteiger charge is 2.12. The number of unbranched alkanes of at least 4 members (excludes halogenated alkanes) is 1. The summed E-state index contributed by atoms with van der Waals surface area (Å²) in [5.74, 6) is 0.603. The van der Waals surface area contributed by atoms with Gasteiger partial charge in [0.1, 0.15) is 11.5 Å². The summed E-state index contributed by atoms with van der Waals surface area (Å²) in [6.45, 7) is 2.69. The second-order valence-electron chi connectivity index (χ2n) is 5.70. The summed E-state index contributed by atoms with van der Waals surface area (Å²) >= 11 is 0. The number of ether oxygens (including phenoxy) is 2. The summed E-state index contributed by atoms with van der Waals surface area (Å²) in [6.07, 6.45) is 4.97. The lowest BCUT2D eigenvalue weighted by molar-refractivity contribution is -0.384. The first kappa shape index (κ1) is 20.0. The van der Waals surface area contributed by atoms with Crippen LogP contribution in [-0.2, 0) is 4.79 Å². The molecule has 0 atom stereocenters. The van der Waals surface area contributed by atoms with Gasteiger partial charge in [-0.15, -0.1) is 0 Å². The second-order valence-corrected chi connectivity index (χ2v) is 5.70. The largest absolute Gasteiger partial charge is 0.495 e. The molecule has 0 heterocycles. The third-order valence-electron chi connectivity index (χ3n) is 3.74. The van der Waals surface area contributed by atoms with Gasteiger partial charge in [0, 0.05) is 23.8 Å². The molecule has 0 fully saturated rings. The Morgan fingerprint density at radius 1 is 1.22 bits per heavy atom. The number of benzene rings is 2. The summed E-state index contributed by atoms with van der Waals surface area (Å²) < 4.78 is 10.9. The third-order valence-corrected chi connectivity index (χ3v) is 3.74. The molecule has 0 aliphatic rings. The highest BCUT2D eigenvalue weighted by Crippen LogP contribution is 2.29. The van der Waals surface area contributed by atoms with Crippen LogP contribution in [-0.4, -0.2) is 24.5 Å². The van der Waals surface area contributed by atoms with E-state index in [-0.39, 0.29) is 11.4 Å². The lowest BCUT2D eigenvalue weighted by Crippen LogP contribution is -2.09. The van der Waals surface area contributed by atoms with Crippen LogP contribution in [0.2, 0.25) is 0 Å². The Balaban J connectivity index is 2.12. The van der Waals surface area contributed by atoms with Crippen LogP contribution < -0.4 is 14.8 Å². The first-order valence-electron chi connectivity index (χ1n) is 8.58. The summed E-state index contributed by atoms with van der Waals surface area (Å²) in [6, 6.07) is 11.4. The van der Waals surface area contributed by atoms with Crippen molar-refractivity contribution < 1.29 is 19.2 Å². The van der Waals surface area contributed by atoms with Gasteiger partial charge in [-0.05, 0) is 24.6 Å². The number of non-ortho nitro benzene ring substituents is 1. The van der Waals surface area contributed by atoms with Gasteiger partial charge in [0.2, 0.25) is 5.91 Å². The van der Waals surface area contributed by atoms with Gasteiger partial charge < -0.3 is 14.8 Å². The number of rotatable bonds is 9. The van der Waals surface area contributed by atoms with Gasteiger partial charge in [-0.1, -0.05) is 31.5 Å². The number of carbonyl (C=O) groups excluding carboxylic acids is 1. The maximum absolute atomic E-state index is 12.2. The van der Waals surface area contributed by atoms with Crippen molar-refractivity contribution in [2.24, 2.45) is 0 Å². The number of amides is 1. The summed E-state index contributed by atoms with van der Waals surface area (Å²) in [5.41, 5.74) is 0.869. The smallest absolute Gasteiger partial charge is 0.271 e. The topological polar surface area (TPSA) is 90.7 Å². The quantitative estimate of drug-likeness (QED) is 0.305. The van der Waals surface area contributed by atoms with E-state index in [0.29, 0.717) is 18.1 Å². The number of nitro benzene ring substituents is 1. The number of methoxy groups -OCH3 is 1. The van der Waals surface area contributed by atoms with E-state index in [9.17, 15) is 14.9 Å². The highest BCUT2D eigenvalue weighted by atomic mass is 16.6. The summed E-state index contributed by atoms with van der Waals surface area (Å²) in [7, 11) is 1.43. The van der Waals surface area contributed by atoms with Crippen LogP contribution in [0.3, 0.4) is 0 Å². The number of anilines is 1. The zero-order valence-electron chi connectivity index (χ0n) is 15.3. The molecule has 2 rings (SSSR count). The zero-order chi connectivity index (χ0) is 19.6. The fraction of sp³-hybridized carbons (Fsp3) is 0.250. The molecule has 142 valence electrons. The molecule has 0 aliphatic carbocycles. The molecular weight excluding hydrogens is 348 g/mol. The molecule has 0 saturated carbocycles. The number of hydrogen-bond donors (Lipinski definition) is 1. The average Bonchev–Trinajstić information content (AvgIpc) is 2.67. The van der Waals surface area contributed by atoms with Crippen LogP contribution in [0.5, 0.6) is 11.5 Å². The van der Waals surface area contributed by atoms with E-state index in [4.69, 9.17) is 9.47 Å². The van der Waals surface area contributed by atoms with E-state index in [1.807, 2.05) is 24.3 Å². The molecule has 0 bridgehead atoms. The molecule has 0 aliphatic heterocycles. The first-order valence-corrected chi connectivity index (χ1v) is 8.58. The lowest BCUT2D eigenvalue weighted by atomic mass is 10.2.